The summed E-state index contributed by atoms with van der Waals surface area (Å²) in [6.07, 6.45) is 2.92. The van der Waals surface area contributed by atoms with Crippen LogP contribution < -0.4 is 10.6 Å². The Hall–Kier alpha value is -1.16. The van der Waals surface area contributed by atoms with Crippen LogP contribution in [-0.2, 0) is 6.42 Å². The molecule has 0 aliphatic rings. The lowest BCUT2D eigenvalue weighted by Gasteiger charge is -2.20. The van der Waals surface area contributed by atoms with E-state index >= 15 is 0 Å². The number of thioether (sulfide) groups is 1. The zero-order valence-electron chi connectivity index (χ0n) is 11.5. The van der Waals surface area contributed by atoms with E-state index in [4.69, 9.17) is 0 Å². The SMILES string of the molecule is CSc1ccc(CCNC(=O)NC(C)(C)C)cc1. The van der Waals surface area contributed by atoms with Crippen LogP contribution >= 0.6 is 11.8 Å². The van der Waals surface area contributed by atoms with Gasteiger partial charge in [-0.3, -0.25) is 0 Å². The number of hydrogen-bond acceptors (Lipinski definition) is 2. The molecule has 2 N–H and O–H groups in total. The molecule has 1 aromatic rings. The fourth-order valence-electron chi connectivity index (χ4n) is 1.50. The summed E-state index contributed by atoms with van der Waals surface area (Å²) in [4.78, 5) is 12.8. The summed E-state index contributed by atoms with van der Waals surface area (Å²) >= 11 is 1.73. The largest absolute Gasteiger partial charge is 0.338 e. The molecule has 2 amide bonds. The lowest BCUT2D eigenvalue weighted by Crippen LogP contribution is -2.46. The molecule has 0 saturated carbocycles. The van der Waals surface area contributed by atoms with Crippen LogP contribution in [0.15, 0.2) is 29.2 Å². The van der Waals surface area contributed by atoms with Crippen LogP contribution in [-0.4, -0.2) is 24.4 Å². The lowest BCUT2D eigenvalue weighted by atomic mass is 10.1. The van der Waals surface area contributed by atoms with Crippen molar-refractivity contribution in [1.29, 1.82) is 0 Å². The minimum absolute atomic E-state index is 0.108. The molecule has 100 valence electrons. The van der Waals surface area contributed by atoms with E-state index in [0.717, 1.165) is 6.42 Å². The van der Waals surface area contributed by atoms with E-state index in [0.29, 0.717) is 6.54 Å². The predicted molar refractivity (Wildman–Crippen MR) is 78.2 cm³/mol. The molecule has 4 heteroatoms. The van der Waals surface area contributed by atoms with Gasteiger partial charge in [-0.15, -0.1) is 11.8 Å². The van der Waals surface area contributed by atoms with Gasteiger partial charge in [0.2, 0.25) is 0 Å². The van der Waals surface area contributed by atoms with Gasteiger partial charge in [0.25, 0.3) is 0 Å². The Kier molecular flexibility index (Phi) is 5.54. The molecule has 0 atom stereocenters. The van der Waals surface area contributed by atoms with Gasteiger partial charge < -0.3 is 10.6 Å². The fourth-order valence-corrected chi connectivity index (χ4v) is 1.91. The van der Waals surface area contributed by atoms with Gasteiger partial charge in [-0.2, -0.15) is 0 Å². The Labute approximate surface area is 114 Å². The minimum atomic E-state index is -0.190. The molecule has 3 nitrogen and oxygen atoms in total. The minimum Gasteiger partial charge on any atom is -0.338 e. The van der Waals surface area contributed by atoms with Gasteiger partial charge in [-0.25, -0.2) is 4.79 Å². The Morgan fingerprint density at radius 1 is 1.22 bits per heavy atom. The number of rotatable bonds is 4. The number of benzene rings is 1. The molecule has 0 aromatic heterocycles. The van der Waals surface area contributed by atoms with Crippen molar-refractivity contribution >= 4 is 17.8 Å². The van der Waals surface area contributed by atoms with Crippen molar-refractivity contribution in [2.75, 3.05) is 12.8 Å². The molecule has 1 aromatic carbocycles. The maximum Gasteiger partial charge on any atom is 0.315 e. The maximum absolute atomic E-state index is 11.5. The van der Waals surface area contributed by atoms with Gasteiger partial charge in [-0.05, 0) is 51.1 Å². The van der Waals surface area contributed by atoms with Crippen molar-refractivity contribution in [1.82, 2.24) is 10.6 Å². The second-order valence-electron chi connectivity index (χ2n) is 5.23. The van der Waals surface area contributed by atoms with Crippen LogP contribution in [0.5, 0.6) is 0 Å². The van der Waals surface area contributed by atoms with Gasteiger partial charge in [0.15, 0.2) is 0 Å². The lowest BCUT2D eigenvalue weighted by molar-refractivity contribution is 0.232. The number of nitrogens with one attached hydrogen (secondary N) is 2. The van der Waals surface area contributed by atoms with Crippen molar-refractivity contribution in [2.45, 2.75) is 37.6 Å². The highest BCUT2D eigenvalue weighted by atomic mass is 32.2. The van der Waals surface area contributed by atoms with Crippen LogP contribution in [0.4, 0.5) is 4.79 Å². The average molecular weight is 266 g/mol. The van der Waals surface area contributed by atoms with Crippen molar-refractivity contribution < 1.29 is 4.79 Å². The molecule has 0 saturated heterocycles. The van der Waals surface area contributed by atoms with Crippen LogP contribution in [0, 0.1) is 0 Å². The van der Waals surface area contributed by atoms with E-state index in [-0.39, 0.29) is 11.6 Å². The van der Waals surface area contributed by atoms with E-state index in [9.17, 15) is 4.79 Å². The first-order chi connectivity index (χ1) is 8.40. The maximum atomic E-state index is 11.5. The smallest absolute Gasteiger partial charge is 0.315 e. The third kappa shape index (κ3) is 5.96. The van der Waals surface area contributed by atoms with E-state index in [1.54, 1.807) is 11.8 Å². The zero-order valence-corrected chi connectivity index (χ0v) is 12.4. The number of carbonyl (C=O) groups is 1. The average Bonchev–Trinajstić information content (AvgIpc) is 2.27. The van der Waals surface area contributed by atoms with Crippen molar-refractivity contribution in [3.63, 3.8) is 0 Å². The van der Waals surface area contributed by atoms with Gasteiger partial charge >= 0.3 is 6.03 Å². The van der Waals surface area contributed by atoms with Crippen LogP contribution in [0.25, 0.3) is 0 Å². The third-order valence-corrected chi connectivity index (χ3v) is 3.09. The second kappa shape index (κ2) is 6.69. The van der Waals surface area contributed by atoms with Gasteiger partial charge in [0.05, 0.1) is 0 Å². The fraction of sp³-hybridized carbons (Fsp3) is 0.500. The molecular weight excluding hydrogens is 244 g/mol. The molecule has 0 spiro atoms. The Morgan fingerprint density at radius 3 is 2.33 bits per heavy atom. The molecule has 0 heterocycles. The summed E-state index contributed by atoms with van der Waals surface area (Å²) in [5.41, 5.74) is 1.05. The summed E-state index contributed by atoms with van der Waals surface area (Å²) in [5.74, 6) is 0. The third-order valence-electron chi connectivity index (χ3n) is 2.35. The second-order valence-corrected chi connectivity index (χ2v) is 6.11. The first kappa shape index (κ1) is 14.9. The van der Waals surface area contributed by atoms with Crippen LogP contribution in [0.1, 0.15) is 26.3 Å². The van der Waals surface area contributed by atoms with Crippen molar-refractivity contribution in [3.05, 3.63) is 29.8 Å². The normalized spacial score (nSPS) is 11.1. The summed E-state index contributed by atoms with van der Waals surface area (Å²) in [6, 6.07) is 8.32. The van der Waals surface area contributed by atoms with Crippen LogP contribution in [0.2, 0.25) is 0 Å². The highest BCUT2D eigenvalue weighted by Crippen LogP contribution is 2.14. The van der Waals surface area contributed by atoms with E-state index in [1.165, 1.54) is 10.5 Å². The summed E-state index contributed by atoms with van der Waals surface area (Å²) in [6.45, 7) is 6.55. The number of amides is 2. The van der Waals surface area contributed by atoms with E-state index in [2.05, 4.69) is 41.2 Å². The standard InChI is InChI=1S/C14H22N2OS/c1-14(2,3)16-13(17)15-10-9-11-5-7-12(18-4)8-6-11/h5-8H,9-10H2,1-4H3,(H2,15,16,17). The molecular formula is C14H22N2OS. The molecule has 0 fully saturated rings. The Balaban J connectivity index is 2.30. The Morgan fingerprint density at radius 2 is 1.83 bits per heavy atom. The zero-order chi connectivity index (χ0) is 13.6. The van der Waals surface area contributed by atoms with E-state index < -0.39 is 0 Å². The molecule has 0 unspecified atom stereocenters. The first-order valence-electron chi connectivity index (χ1n) is 6.09. The summed E-state index contributed by atoms with van der Waals surface area (Å²) in [7, 11) is 0. The number of carbonyl (C=O) groups excluding carboxylic acids is 1. The van der Waals surface area contributed by atoms with E-state index in [1.807, 2.05) is 20.8 Å². The first-order valence-corrected chi connectivity index (χ1v) is 7.32. The summed E-state index contributed by atoms with van der Waals surface area (Å²) < 4.78 is 0. The Bertz CT molecular complexity index is 382. The molecule has 0 aliphatic heterocycles. The topological polar surface area (TPSA) is 41.1 Å². The predicted octanol–water partition coefficient (Wildman–Crippen LogP) is 3.05. The summed E-state index contributed by atoms with van der Waals surface area (Å²) in [5, 5.41) is 5.73. The van der Waals surface area contributed by atoms with Gasteiger partial charge in [0, 0.05) is 17.0 Å². The van der Waals surface area contributed by atoms with Gasteiger partial charge in [0.1, 0.15) is 0 Å². The van der Waals surface area contributed by atoms with Crippen LogP contribution in [0.3, 0.4) is 0 Å². The quantitative estimate of drug-likeness (QED) is 0.822. The number of urea groups is 1. The molecule has 18 heavy (non-hydrogen) atoms. The monoisotopic (exact) mass is 266 g/mol. The van der Waals surface area contributed by atoms with Gasteiger partial charge in [-0.1, -0.05) is 12.1 Å². The van der Waals surface area contributed by atoms with Crippen molar-refractivity contribution in [3.8, 4) is 0 Å². The molecule has 0 aliphatic carbocycles. The number of hydrogen-bond donors (Lipinski definition) is 2. The van der Waals surface area contributed by atoms with Crippen molar-refractivity contribution in [2.24, 2.45) is 0 Å². The highest BCUT2D eigenvalue weighted by Gasteiger charge is 2.12. The molecule has 0 radical (unpaired) electrons. The molecule has 0 bridgehead atoms. The highest BCUT2D eigenvalue weighted by molar-refractivity contribution is 7.98. The molecule has 1 rings (SSSR count).